The van der Waals surface area contributed by atoms with Gasteiger partial charge in [-0.1, -0.05) is 234 Å². The first-order chi connectivity index (χ1) is 27.6. The first-order valence-electron chi connectivity index (χ1n) is 25.1. The topological polar surface area (TPSA) is 78.9 Å². The second-order valence-electron chi connectivity index (χ2n) is 18.6. The maximum Gasteiger partial charge on any atom is 0.306 e. The van der Waals surface area contributed by atoms with Crippen LogP contribution in [0, 0.1) is 17.8 Å². The van der Waals surface area contributed by atoms with E-state index in [1.54, 1.807) is 0 Å². The molecule has 0 heterocycles. The molecule has 0 saturated carbocycles. The summed E-state index contributed by atoms with van der Waals surface area (Å²) in [5.41, 5.74) is 0. The first kappa shape index (κ1) is 55.4. The van der Waals surface area contributed by atoms with Gasteiger partial charge in [-0.05, 0) is 37.0 Å². The molecule has 338 valence electrons. The van der Waals surface area contributed by atoms with Crippen LogP contribution in [0.3, 0.4) is 0 Å². The summed E-state index contributed by atoms with van der Waals surface area (Å²) in [6.45, 7) is 13.7. The van der Waals surface area contributed by atoms with Crippen molar-refractivity contribution in [3.05, 3.63) is 0 Å². The van der Waals surface area contributed by atoms with Crippen LogP contribution < -0.4 is 0 Å². The van der Waals surface area contributed by atoms with E-state index in [9.17, 15) is 14.4 Å². The third kappa shape index (κ3) is 43.8. The van der Waals surface area contributed by atoms with Crippen LogP contribution in [-0.4, -0.2) is 37.2 Å². The van der Waals surface area contributed by atoms with Crippen molar-refractivity contribution < 1.29 is 28.6 Å². The van der Waals surface area contributed by atoms with Gasteiger partial charge < -0.3 is 14.2 Å². The fourth-order valence-corrected chi connectivity index (χ4v) is 7.55. The molecule has 6 nitrogen and oxygen atoms in total. The summed E-state index contributed by atoms with van der Waals surface area (Å²) in [6.07, 6.45) is 41.0. The molecule has 0 aliphatic heterocycles. The van der Waals surface area contributed by atoms with Gasteiger partial charge in [0.25, 0.3) is 0 Å². The van der Waals surface area contributed by atoms with Crippen molar-refractivity contribution in [3.8, 4) is 0 Å². The van der Waals surface area contributed by atoms with Crippen LogP contribution in [0.4, 0.5) is 0 Å². The monoisotopic (exact) mass is 807 g/mol. The van der Waals surface area contributed by atoms with Crippen LogP contribution in [-0.2, 0) is 28.6 Å². The second kappa shape index (κ2) is 42.5. The summed E-state index contributed by atoms with van der Waals surface area (Å²) in [5.74, 6) is 1.60. The highest BCUT2D eigenvalue weighted by atomic mass is 16.6. The molecule has 2 atom stereocenters. The molecule has 0 spiro atoms. The Hall–Kier alpha value is -1.59. The molecule has 0 radical (unpaired) electrons. The van der Waals surface area contributed by atoms with Crippen molar-refractivity contribution in [1.29, 1.82) is 0 Å². The number of carbonyl (C=O) groups excluding carboxylic acids is 3. The van der Waals surface area contributed by atoms with E-state index in [1.807, 2.05) is 0 Å². The smallest absolute Gasteiger partial charge is 0.306 e. The number of unbranched alkanes of at least 4 members (excludes halogenated alkanes) is 26. The number of rotatable bonds is 44. The van der Waals surface area contributed by atoms with Crippen LogP contribution in [0.2, 0.25) is 0 Å². The van der Waals surface area contributed by atoms with Crippen molar-refractivity contribution in [3.63, 3.8) is 0 Å². The molecule has 0 aromatic rings. The largest absolute Gasteiger partial charge is 0.462 e. The van der Waals surface area contributed by atoms with Crippen LogP contribution in [0.1, 0.15) is 273 Å². The molecule has 57 heavy (non-hydrogen) atoms. The lowest BCUT2D eigenvalue weighted by Crippen LogP contribution is -2.30. The Morgan fingerprint density at radius 1 is 0.351 bits per heavy atom. The fourth-order valence-electron chi connectivity index (χ4n) is 7.55. The minimum absolute atomic E-state index is 0.0661. The van der Waals surface area contributed by atoms with Crippen molar-refractivity contribution in [1.82, 2.24) is 0 Å². The quantitative estimate of drug-likeness (QED) is 0.0347. The maximum atomic E-state index is 12.7. The van der Waals surface area contributed by atoms with Gasteiger partial charge in [-0.3, -0.25) is 14.4 Å². The van der Waals surface area contributed by atoms with Gasteiger partial charge in [0.2, 0.25) is 0 Å². The van der Waals surface area contributed by atoms with Gasteiger partial charge in [0.05, 0.1) is 0 Å². The molecule has 0 amide bonds. The number of carbonyl (C=O) groups is 3. The summed E-state index contributed by atoms with van der Waals surface area (Å²) < 4.78 is 16.8. The van der Waals surface area contributed by atoms with E-state index in [-0.39, 0.29) is 31.1 Å². The van der Waals surface area contributed by atoms with Crippen LogP contribution in [0.25, 0.3) is 0 Å². The van der Waals surface area contributed by atoms with Gasteiger partial charge in [0, 0.05) is 19.3 Å². The van der Waals surface area contributed by atoms with Gasteiger partial charge in [-0.15, -0.1) is 0 Å². The first-order valence-corrected chi connectivity index (χ1v) is 25.1. The molecule has 0 bridgehead atoms. The molecule has 0 aliphatic carbocycles. The molecule has 0 fully saturated rings. The predicted octanol–water partition coefficient (Wildman–Crippen LogP) is 16.0. The lowest BCUT2D eigenvalue weighted by molar-refractivity contribution is -0.167. The van der Waals surface area contributed by atoms with E-state index >= 15 is 0 Å². The average Bonchev–Trinajstić information content (AvgIpc) is 3.18. The lowest BCUT2D eigenvalue weighted by Gasteiger charge is -2.18. The number of hydrogen-bond acceptors (Lipinski definition) is 6. The predicted molar refractivity (Wildman–Crippen MR) is 243 cm³/mol. The van der Waals surface area contributed by atoms with Crippen LogP contribution in [0.15, 0.2) is 0 Å². The van der Waals surface area contributed by atoms with Gasteiger partial charge in [0.15, 0.2) is 6.10 Å². The zero-order chi connectivity index (χ0) is 42.0. The van der Waals surface area contributed by atoms with Crippen LogP contribution >= 0.6 is 0 Å². The summed E-state index contributed by atoms with van der Waals surface area (Å²) >= 11 is 0. The van der Waals surface area contributed by atoms with E-state index in [2.05, 4.69) is 41.5 Å². The minimum atomic E-state index is -0.763. The van der Waals surface area contributed by atoms with E-state index < -0.39 is 6.10 Å². The molecule has 0 saturated heterocycles. The van der Waals surface area contributed by atoms with Crippen molar-refractivity contribution in [2.75, 3.05) is 13.2 Å². The van der Waals surface area contributed by atoms with E-state index in [4.69, 9.17) is 14.2 Å². The Balaban J connectivity index is 4.24. The summed E-state index contributed by atoms with van der Waals surface area (Å²) in [7, 11) is 0. The highest BCUT2D eigenvalue weighted by Gasteiger charge is 2.19. The molecule has 1 unspecified atom stereocenters. The van der Waals surface area contributed by atoms with Gasteiger partial charge >= 0.3 is 17.9 Å². The molecular weight excluding hydrogens is 709 g/mol. The van der Waals surface area contributed by atoms with E-state index in [0.29, 0.717) is 19.3 Å². The molecule has 0 aromatic heterocycles. The fraction of sp³-hybridized carbons (Fsp3) is 0.941. The summed E-state index contributed by atoms with van der Waals surface area (Å²) in [6, 6.07) is 0. The Bertz CT molecular complexity index is 885. The average molecular weight is 807 g/mol. The number of esters is 3. The third-order valence-electron chi connectivity index (χ3n) is 11.8. The Labute approximate surface area is 355 Å². The Morgan fingerprint density at radius 3 is 0.912 bits per heavy atom. The number of ether oxygens (including phenoxy) is 3. The van der Waals surface area contributed by atoms with Crippen molar-refractivity contribution in [2.24, 2.45) is 17.8 Å². The van der Waals surface area contributed by atoms with E-state index in [1.165, 1.54) is 154 Å². The molecule has 6 heteroatoms. The van der Waals surface area contributed by atoms with Crippen molar-refractivity contribution >= 4 is 17.9 Å². The normalized spacial score (nSPS) is 12.6. The maximum absolute atomic E-state index is 12.7. The van der Waals surface area contributed by atoms with Crippen molar-refractivity contribution in [2.45, 2.75) is 279 Å². The summed E-state index contributed by atoms with van der Waals surface area (Å²) in [4.78, 5) is 37.8. The van der Waals surface area contributed by atoms with Gasteiger partial charge in [0.1, 0.15) is 13.2 Å². The second-order valence-corrected chi connectivity index (χ2v) is 18.6. The highest BCUT2D eigenvalue weighted by Crippen LogP contribution is 2.18. The van der Waals surface area contributed by atoms with Gasteiger partial charge in [-0.25, -0.2) is 0 Å². The minimum Gasteiger partial charge on any atom is -0.462 e. The SMILES string of the molecule is CCC(C)CCCCCCCCCCCCCCCCC(=O)OC[C@H](COC(=O)CCCCCCCCCCCC(C)C)OC(=O)CCCCCCCCC(C)C. The van der Waals surface area contributed by atoms with E-state index in [0.717, 1.165) is 75.5 Å². The van der Waals surface area contributed by atoms with Crippen LogP contribution in [0.5, 0.6) is 0 Å². The molecule has 0 rings (SSSR count). The zero-order valence-corrected chi connectivity index (χ0v) is 39.1. The highest BCUT2D eigenvalue weighted by molar-refractivity contribution is 5.71. The van der Waals surface area contributed by atoms with Gasteiger partial charge in [-0.2, -0.15) is 0 Å². The Kier molecular flexibility index (Phi) is 41.3. The molecule has 0 N–H and O–H groups in total. The molecular formula is C51H98O6. The summed E-state index contributed by atoms with van der Waals surface area (Å²) in [5, 5.41) is 0. The Morgan fingerprint density at radius 2 is 0.614 bits per heavy atom. The number of hydrogen-bond donors (Lipinski definition) is 0. The molecule has 0 aliphatic rings. The lowest BCUT2D eigenvalue weighted by atomic mass is 9.99. The standard InChI is InChI=1S/C51H98O6/c1-7-47(6)39-33-27-20-16-12-10-8-9-11-13-17-21-28-34-40-49(52)55-43-48(57-51(54)42-36-30-24-23-26-32-38-46(4)5)44-56-50(53)41-35-29-22-18-14-15-19-25-31-37-45(2)3/h45-48H,7-44H2,1-6H3/t47?,48-/m1/s1. The third-order valence-corrected chi connectivity index (χ3v) is 11.8. The molecule has 0 aromatic carbocycles. The zero-order valence-electron chi connectivity index (χ0n) is 39.1.